The first kappa shape index (κ1) is 25.2. The first-order valence-corrected chi connectivity index (χ1v) is 12.8. The number of hydrogen-bond donors (Lipinski definition) is 2. The Bertz CT molecular complexity index is 1510. The van der Waals surface area contributed by atoms with Crippen LogP contribution in [0.4, 0.5) is 19.0 Å². The van der Waals surface area contributed by atoms with Gasteiger partial charge < -0.3 is 19.9 Å². The fourth-order valence-electron chi connectivity index (χ4n) is 4.86. The van der Waals surface area contributed by atoms with Gasteiger partial charge in [-0.2, -0.15) is 13.2 Å². The number of rotatable bonds is 7. The molecule has 4 aromatic rings. The summed E-state index contributed by atoms with van der Waals surface area (Å²) in [6.45, 7) is 1.93. The number of benzene rings is 1. The second-order valence-electron chi connectivity index (χ2n) is 9.77. The van der Waals surface area contributed by atoms with Crippen LogP contribution in [0.3, 0.4) is 0 Å². The number of methoxy groups -OCH3 is 1. The van der Waals surface area contributed by atoms with Crippen molar-refractivity contribution >= 4 is 5.82 Å². The van der Waals surface area contributed by atoms with E-state index >= 15 is 0 Å². The number of nitrogens with zero attached hydrogens (tertiary/aromatic N) is 6. The van der Waals surface area contributed by atoms with Crippen molar-refractivity contribution in [3.8, 4) is 28.7 Å². The van der Waals surface area contributed by atoms with Crippen molar-refractivity contribution in [2.75, 3.05) is 19.0 Å². The van der Waals surface area contributed by atoms with E-state index < -0.39 is 11.9 Å². The van der Waals surface area contributed by atoms with E-state index in [9.17, 15) is 13.2 Å². The number of fused-ring (bicyclic) bond motifs is 1. The lowest BCUT2D eigenvalue weighted by atomic mass is 10.0. The Hall–Kier alpha value is -4.06. The zero-order valence-electron chi connectivity index (χ0n) is 21.5. The van der Waals surface area contributed by atoms with Gasteiger partial charge in [0, 0.05) is 43.4 Å². The molecular formula is C27H27F3N8O. The third-order valence-electron chi connectivity index (χ3n) is 7.00. The molecule has 9 nitrogen and oxygen atoms in total. The fraction of sp³-hybridized carbons (Fsp3) is 0.370. The molecule has 1 aliphatic carbocycles. The summed E-state index contributed by atoms with van der Waals surface area (Å²) < 4.78 is 46.2. The molecule has 1 aliphatic heterocycles. The van der Waals surface area contributed by atoms with Gasteiger partial charge in [0.25, 0.3) is 0 Å². The topological polar surface area (TPSA) is 103 Å². The number of ether oxygens (including phenoxy) is 1. The average molecular weight is 537 g/mol. The highest BCUT2D eigenvalue weighted by Crippen LogP contribution is 2.45. The lowest BCUT2D eigenvalue weighted by Crippen LogP contribution is -2.26. The second-order valence-corrected chi connectivity index (χ2v) is 9.77. The standard InChI is InChI=1S/C27H27F3N8O/c1-38-13-20(27(28,29)30)36-25(38)17-5-3-15(4-6-17)11-32-23-18-9-10-31-12-19(18)35-24(37-23)21-22(16-7-8-16)33-14-34-26(21)39-2/h3-6,13-14,16,31H,7-12H2,1-2H3,(H,32,35,37). The van der Waals surface area contributed by atoms with Crippen LogP contribution in [0.2, 0.25) is 0 Å². The average Bonchev–Trinajstić information content (AvgIpc) is 3.71. The molecule has 0 atom stereocenters. The number of aromatic nitrogens is 6. The minimum atomic E-state index is -4.49. The van der Waals surface area contributed by atoms with Crippen molar-refractivity contribution in [1.82, 2.24) is 34.8 Å². The summed E-state index contributed by atoms with van der Waals surface area (Å²) in [6, 6.07) is 7.30. The van der Waals surface area contributed by atoms with Crippen molar-refractivity contribution in [3.63, 3.8) is 0 Å². The molecule has 3 aromatic heterocycles. The van der Waals surface area contributed by atoms with E-state index in [0.717, 1.165) is 65.9 Å². The van der Waals surface area contributed by atoms with Crippen molar-refractivity contribution in [3.05, 3.63) is 65.0 Å². The Morgan fingerprint density at radius 1 is 1.10 bits per heavy atom. The van der Waals surface area contributed by atoms with Gasteiger partial charge in [-0.15, -0.1) is 0 Å². The molecule has 4 heterocycles. The second kappa shape index (κ2) is 9.92. The summed E-state index contributed by atoms with van der Waals surface area (Å²) in [4.78, 5) is 22.4. The van der Waals surface area contributed by atoms with Crippen LogP contribution in [0.1, 0.15) is 47.0 Å². The third kappa shape index (κ3) is 5.03. The van der Waals surface area contributed by atoms with Crippen molar-refractivity contribution < 1.29 is 17.9 Å². The highest BCUT2D eigenvalue weighted by Gasteiger charge is 2.35. The predicted molar refractivity (Wildman–Crippen MR) is 138 cm³/mol. The number of nitrogens with one attached hydrogen (secondary N) is 2. The molecule has 39 heavy (non-hydrogen) atoms. The number of anilines is 1. The van der Waals surface area contributed by atoms with Crippen molar-refractivity contribution in [1.29, 1.82) is 0 Å². The molecule has 6 rings (SSSR count). The van der Waals surface area contributed by atoms with Crippen LogP contribution in [0.25, 0.3) is 22.8 Å². The van der Waals surface area contributed by atoms with E-state index in [4.69, 9.17) is 14.7 Å². The minimum absolute atomic E-state index is 0.259. The molecule has 2 N–H and O–H groups in total. The largest absolute Gasteiger partial charge is 0.480 e. The molecule has 0 bridgehead atoms. The van der Waals surface area contributed by atoms with Crippen molar-refractivity contribution in [2.24, 2.45) is 7.05 Å². The molecule has 0 amide bonds. The number of halogens is 3. The van der Waals surface area contributed by atoms with Gasteiger partial charge in [-0.25, -0.2) is 24.9 Å². The van der Waals surface area contributed by atoms with Gasteiger partial charge in [0.05, 0.1) is 18.5 Å². The van der Waals surface area contributed by atoms with E-state index in [1.165, 1.54) is 10.9 Å². The van der Waals surface area contributed by atoms with E-state index in [1.54, 1.807) is 26.3 Å². The Balaban J connectivity index is 1.28. The molecule has 1 fully saturated rings. The van der Waals surface area contributed by atoms with Gasteiger partial charge in [0.2, 0.25) is 5.88 Å². The lowest BCUT2D eigenvalue weighted by molar-refractivity contribution is -0.140. The highest BCUT2D eigenvalue weighted by atomic mass is 19.4. The van der Waals surface area contributed by atoms with Crippen molar-refractivity contribution in [2.45, 2.75) is 44.4 Å². The monoisotopic (exact) mass is 536 g/mol. The molecule has 202 valence electrons. The minimum Gasteiger partial charge on any atom is -0.480 e. The van der Waals surface area contributed by atoms with Crippen LogP contribution in [-0.2, 0) is 32.7 Å². The molecule has 0 spiro atoms. The van der Waals surface area contributed by atoms with E-state index in [-0.39, 0.29) is 5.82 Å². The summed E-state index contributed by atoms with van der Waals surface area (Å²) in [5, 5.41) is 6.84. The maximum Gasteiger partial charge on any atom is 0.434 e. The quantitative estimate of drug-likeness (QED) is 0.356. The predicted octanol–water partition coefficient (Wildman–Crippen LogP) is 4.50. The molecule has 1 saturated carbocycles. The maximum absolute atomic E-state index is 13.1. The van der Waals surface area contributed by atoms with Gasteiger partial charge in [0.15, 0.2) is 11.5 Å². The molecule has 2 aliphatic rings. The molecule has 12 heteroatoms. The molecular weight excluding hydrogens is 509 g/mol. The number of aryl methyl sites for hydroxylation is 1. The van der Waals surface area contributed by atoms with E-state index in [2.05, 4.69) is 25.6 Å². The van der Waals surface area contributed by atoms with Gasteiger partial charge in [0.1, 0.15) is 23.5 Å². The summed E-state index contributed by atoms with van der Waals surface area (Å²) in [5.74, 6) is 2.35. The normalized spacial score (nSPS) is 15.2. The summed E-state index contributed by atoms with van der Waals surface area (Å²) in [5.41, 5.74) is 4.28. The number of imidazole rings is 1. The molecule has 0 saturated heterocycles. The Morgan fingerprint density at radius 2 is 1.90 bits per heavy atom. The highest BCUT2D eigenvalue weighted by molar-refractivity contribution is 5.68. The maximum atomic E-state index is 13.1. The SMILES string of the molecule is COc1ncnc(C2CC2)c1-c1nc2c(c(NCc3ccc(-c4nc(C(F)(F)F)cn4C)cc3)n1)CCNC2. The molecule has 0 radical (unpaired) electrons. The Morgan fingerprint density at radius 3 is 2.59 bits per heavy atom. The molecule has 1 aromatic carbocycles. The first-order valence-electron chi connectivity index (χ1n) is 12.8. The van der Waals surface area contributed by atoms with Crippen LogP contribution in [0.5, 0.6) is 5.88 Å². The van der Waals surface area contributed by atoms with Gasteiger partial charge in [-0.05, 0) is 31.4 Å². The summed E-state index contributed by atoms with van der Waals surface area (Å²) in [6.07, 6.45) is 0.952. The fourth-order valence-corrected chi connectivity index (χ4v) is 4.86. The van der Waals surface area contributed by atoms with Crippen LogP contribution in [0.15, 0.2) is 36.8 Å². The smallest absolute Gasteiger partial charge is 0.434 e. The molecule has 0 unspecified atom stereocenters. The summed E-state index contributed by atoms with van der Waals surface area (Å²) in [7, 11) is 3.14. The van der Waals surface area contributed by atoms with Gasteiger partial charge in [-0.1, -0.05) is 24.3 Å². The zero-order chi connectivity index (χ0) is 27.1. The van der Waals surface area contributed by atoms with Crippen LogP contribution in [-0.4, -0.2) is 43.1 Å². The van der Waals surface area contributed by atoms with Gasteiger partial charge in [-0.3, -0.25) is 0 Å². The van der Waals surface area contributed by atoms with Crippen LogP contribution in [0, 0.1) is 0 Å². The Kier molecular flexibility index (Phi) is 6.42. The number of hydrogen-bond acceptors (Lipinski definition) is 8. The number of alkyl halides is 3. The summed E-state index contributed by atoms with van der Waals surface area (Å²) >= 11 is 0. The Labute approximate surface area is 222 Å². The van der Waals surface area contributed by atoms with Crippen LogP contribution < -0.4 is 15.4 Å². The van der Waals surface area contributed by atoms with Gasteiger partial charge >= 0.3 is 6.18 Å². The third-order valence-corrected chi connectivity index (χ3v) is 7.00. The van der Waals surface area contributed by atoms with Crippen LogP contribution >= 0.6 is 0 Å². The van der Waals surface area contributed by atoms with E-state index in [1.807, 2.05) is 12.1 Å². The van der Waals surface area contributed by atoms with E-state index in [0.29, 0.717) is 36.3 Å². The lowest BCUT2D eigenvalue weighted by Gasteiger charge is -2.21. The first-order chi connectivity index (χ1) is 18.8. The zero-order valence-corrected chi connectivity index (χ0v) is 21.5.